The summed E-state index contributed by atoms with van der Waals surface area (Å²) in [7, 11) is 3.32. The van der Waals surface area contributed by atoms with E-state index in [1.54, 1.807) is 14.2 Å². The van der Waals surface area contributed by atoms with Crippen molar-refractivity contribution in [2.75, 3.05) is 51.8 Å². The number of nitrogens with one attached hydrogen (secondary N) is 2. The molecule has 7 heteroatoms. The molecule has 31 heavy (non-hydrogen) atoms. The van der Waals surface area contributed by atoms with Gasteiger partial charge in [-0.05, 0) is 55.5 Å². The van der Waals surface area contributed by atoms with Gasteiger partial charge in [-0.1, -0.05) is 24.3 Å². The van der Waals surface area contributed by atoms with Crippen molar-refractivity contribution in [2.45, 2.75) is 19.8 Å². The van der Waals surface area contributed by atoms with Gasteiger partial charge in [-0.15, -0.1) is 24.0 Å². The molecule has 1 unspecified atom stereocenters. The highest BCUT2D eigenvalue weighted by atomic mass is 127. The second-order valence-electron chi connectivity index (χ2n) is 7.52. The van der Waals surface area contributed by atoms with Gasteiger partial charge < -0.3 is 25.0 Å². The Morgan fingerprint density at radius 2 is 1.84 bits per heavy atom. The number of hydrogen-bond donors (Lipinski definition) is 2. The van der Waals surface area contributed by atoms with Gasteiger partial charge in [0.2, 0.25) is 0 Å². The summed E-state index contributed by atoms with van der Waals surface area (Å²) in [6, 6.07) is 16.7. The van der Waals surface area contributed by atoms with E-state index in [1.807, 2.05) is 12.1 Å². The maximum atomic E-state index is 5.39. The van der Waals surface area contributed by atoms with E-state index in [-0.39, 0.29) is 24.0 Å². The fourth-order valence-corrected chi connectivity index (χ4v) is 3.78. The van der Waals surface area contributed by atoms with E-state index in [0.717, 1.165) is 56.6 Å². The minimum Gasteiger partial charge on any atom is -0.493 e. The summed E-state index contributed by atoms with van der Waals surface area (Å²) < 4.78 is 10.7. The van der Waals surface area contributed by atoms with Crippen molar-refractivity contribution in [2.24, 2.45) is 10.9 Å². The van der Waals surface area contributed by atoms with Crippen molar-refractivity contribution in [3.8, 4) is 11.5 Å². The van der Waals surface area contributed by atoms with Crippen LogP contribution >= 0.6 is 24.0 Å². The van der Waals surface area contributed by atoms with Gasteiger partial charge in [-0.25, -0.2) is 0 Å². The molecule has 3 rings (SSSR count). The van der Waals surface area contributed by atoms with E-state index in [9.17, 15) is 0 Å². The van der Waals surface area contributed by atoms with Gasteiger partial charge in [0, 0.05) is 38.4 Å². The second-order valence-corrected chi connectivity index (χ2v) is 7.52. The number of hydrogen-bond acceptors (Lipinski definition) is 4. The number of guanidine groups is 1. The van der Waals surface area contributed by atoms with Gasteiger partial charge in [0.05, 0.1) is 14.2 Å². The molecule has 170 valence electrons. The molecule has 2 aromatic carbocycles. The number of aliphatic imine (C=N–C) groups is 1. The van der Waals surface area contributed by atoms with E-state index in [4.69, 9.17) is 14.5 Å². The molecule has 2 N–H and O–H groups in total. The van der Waals surface area contributed by atoms with Crippen LogP contribution in [-0.4, -0.2) is 52.9 Å². The standard InChI is InChI=1S/C24H34N4O2.HI/c1-4-25-24(26-14-12-19-10-11-22(29-2)23(16-19)30-3)27-17-20-13-15-28(18-20)21-8-6-5-7-9-21;/h5-11,16,20H,4,12-15,17-18H2,1-3H3,(H2,25,26,27);1H. The first-order valence-electron chi connectivity index (χ1n) is 10.8. The van der Waals surface area contributed by atoms with Crippen molar-refractivity contribution >= 4 is 35.6 Å². The first-order valence-corrected chi connectivity index (χ1v) is 10.8. The molecule has 0 aliphatic carbocycles. The SMILES string of the molecule is CCNC(=NCC1CCN(c2ccccc2)C1)NCCc1ccc(OC)c(OC)c1.I. The Hall–Kier alpha value is -2.16. The van der Waals surface area contributed by atoms with Crippen LogP contribution in [-0.2, 0) is 6.42 Å². The Bertz CT molecular complexity index is 816. The van der Waals surface area contributed by atoms with Gasteiger partial charge in [-0.2, -0.15) is 0 Å². The third kappa shape index (κ3) is 7.48. The molecule has 0 bridgehead atoms. The highest BCUT2D eigenvalue weighted by Gasteiger charge is 2.22. The molecule has 0 amide bonds. The molecule has 1 aliphatic rings. The number of ether oxygens (including phenoxy) is 2. The van der Waals surface area contributed by atoms with E-state index >= 15 is 0 Å². The monoisotopic (exact) mass is 538 g/mol. The highest BCUT2D eigenvalue weighted by molar-refractivity contribution is 14.0. The van der Waals surface area contributed by atoms with Crippen molar-refractivity contribution < 1.29 is 9.47 Å². The molecule has 6 nitrogen and oxygen atoms in total. The Morgan fingerprint density at radius 3 is 2.55 bits per heavy atom. The van der Waals surface area contributed by atoms with E-state index in [2.05, 4.69) is 58.9 Å². The van der Waals surface area contributed by atoms with Gasteiger partial charge >= 0.3 is 0 Å². The van der Waals surface area contributed by atoms with Crippen molar-refractivity contribution in [3.63, 3.8) is 0 Å². The van der Waals surface area contributed by atoms with Crippen LogP contribution in [0.2, 0.25) is 0 Å². The van der Waals surface area contributed by atoms with E-state index in [1.165, 1.54) is 17.7 Å². The summed E-state index contributed by atoms with van der Waals surface area (Å²) in [5, 5.41) is 6.81. The third-order valence-corrected chi connectivity index (χ3v) is 5.41. The number of rotatable bonds is 9. The van der Waals surface area contributed by atoms with E-state index in [0.29, 0.717) is 5.92 Å². The first kappa shape index (κ1) is 25.1. The molecule has 0 aromatic heterocycles. The van der Waals surface area contributed by atoms with Crippen molar-refractivity contribution in [1.82, 2.24) is 10.6 Å². The lowest BCUT2D eigenvalue weighted by molar-refractivity contribution is 0.354. The Balaban J connectivity index is 0.00000341. The van der Waals surface area contributed by atoms with Gasteiger partial charge in [-0.3, -0.25) is 4.99 Å². The maximum absolute atomic E-state index is 5.39. The topological polar surface area (TPSA) is 58.1 Å². The highest BCUT2D eigenvalue weighted by Crippen LogP contribution is 2.27. The summed E-state index contributed by atoms with van der Waals surface area (Å²) in [6.45, 7) is 6.77. The Labute approximate surface area is 203 Å². The Morgan fingerprint density at radius 1 is 1.06 bits per heavy atom. The summed E-state index contributed by atoms with van der Waals surface area (Å²) in [4.78, 5) is 7.29. The second kappa shape index (κ2) is 13.3. The lowest BCUT2D eigenvalue weighted by atomic mass is 10.1. The van der Waals surface area contributed by atoms with Crippen LogP contribution in [0.4, 0.5) is 5.69 Å². The number of benzene rings is 2. The van der Waals surface area contributed by atoms with E-state index < -0.39 is 0 Å². The average molecular weight is 538 g/mol. The van der Waals surface area contributed by atoms with Crippen LogP contribution < -0.4 is 25.0 Å². The molecule has 1 atom stereocenters. The molecule has 1 saturated heterocycles. The predicted octanol–water partition coefficient (Wildman–Crippen LogP) is 3.95. The summed E-state index contributed by atoms with van der Waals surface area (Å²) in [5.74, 6) is 2.99. The number of para-hydroxylation sites is 1. The van der Waals surface area contributed by atoms with Gasteiger partial charge in [0.15, 0.2) is 17.5 Å². The summed E-state index contributed by atoms with van der Waals surface area (Å²) >= 11 is 0. The lowest BCUT2D eigenvalue weighted by Gasteiger charge is -2.18. The zero-order chi connectivity index (χ0) is 21.2. The van der Waals surface area contributed by atoms with Crippen LogP contribution in [0.3, 0.4) is 0 Å². The zero-order valence-electron chi connectivity index (χ0n) is 18.8. The molecule has 1 heterocycles. The van der Waals surface area contributed by atoms with Crippen LogP contribution in [0.5, 0.6) is 11.5 Å². The smallest absolute Gasteiger partial charge is 0.191 e. The molecule has 1 fully saturated rings. The minimum absolute atomic E-state index is 0. The number of nitrogens with zero attached hydrogens (tertiary/aromatic N) is 2. The van der Waals surface area contributed by atoms with Gasteiger partial charge in [0.25, 0.3) is 0 Å². The third-order valence-electron chi connectivity index (χ3n) is 5.41. The fourth-order valence-electron chi connectivity index (χ4n) is 3.78. The molecule has 0 spiro atoms. The van der Waals surface area contributed by atoms with Crippen LogP contribution in [0.25, 0.3) is 0 Å². The first-order chi connectivity index (χ1) is 14.7. The molecule has 0 radical (unpaired) electrons. The molecule has 2 aromatic rings. The number of anilines is 1. The summed E-state index contributed by atoms with van der Waals surface area (Å²) in [6.07, 6.45) is 2.07. The summed E-state index contributed by atoms with van der Waals surface area (Å²) in [5.41, 5.74) is 2.51. The number of halogens is 1. The molecular weight excluding hydrogens is 503 g/mol. The average Bonchev–Trinajstić information content (AvgIpc) is 3.27. The van der Waals surface area contributed by atoms with Crippen molar-refractivity contribution in [1.29, 1.82) is 0 Å². The largest absolute Gasteiger partial charge is 0.493 e. The fraction of sp³-hybridized carbons (Fsp3) is 0.458. The minimum atomic E-state index is 0. The van der Waals surface area contributed by atoms with Gasteiger partial charge in [0.1, 0.15) is 0 Å². The zero-order valence-corrected chi connectivity index (χ0v) is 21.1. The molecule has 0 saturated carbocycles. The van der Waals surface area contributed by atoms with Crippen LogP contribution in [0.1, 0.15) is 18.9 Å². The predicted molar refractivity (Wildman–Crippen MR) is 139 cm³/mol. The quantitative estimate of drug-likeness (QED) is 0.288. The molecule has 1 aliphatic heterocycles. The van der Waals surface area contributed by atoms with Crippen LogP contribution in [0, 0.1) is 5.92 Å². The lowest BCUT2D eigenvalue weighted by Crippen LogP contribution is -2.38. The normalized spacial score (nSPS) is 15.9. The molecular formula is C24H35IN4O2. The van der Waals surface area contributed by atoms with Crippen LogP contribution in [0.15, 0.2) is 53.5 Å². The maximum Gasteiger partial charge on any atom is 0.191 e. The number of methoxy groups -OCH3 is 2. The van der Waals surface area contributed by atoms with Crippen molar-refractivity contribution in [3.05, 3.63) is 54.1 Å². The Kier molecular flexibility index (Phi) is 10.8.